The minimum absolute atomic E-state index is 0.0875. The minimum Gasteiger partial charge on any atom is -0.457 e. The molecule has 2 saturated carbocycles. The third-order valence-corrected chi connectivity index (χ3v) is 6.24. The van der Waals surface area contributed by atoms with Gasteiger partial charge in [0.1, 0.15) is 5.60 Å². The van der Waals surface area contributed by atoms with E-state index in [1.165, 1.54) is 32.1 Å². The Bertz CT molecular complexity index is 449. The summed E-state index contributed by atoms with van der Waals surface area (Å²) in [6.07, 6.45) is 13.7. The molecule has 1 saturated heterocycles. The first kappa shape index (κ1) is 13.8. The quantitative estimate of drug-likeness (QED) is 0.451. The van der Waals surface area contributed by atoms with E-state index in [0.29, 0.717) is 11.8 Å². The highest BCUT2D eigenvalue weighted by Gasteiger charge is 2.56. The Kier molecular flexibility index (Phi) is 3.36. The summed E-state index contributed by atoms with van der Waals surface area (Å²) in [6, 6.07) is 0. The molecule has 3 aliphatic carbocycles. The first-order valence-corrected chi connectivity index (χ1v) is 8.77. The van der Waals surface area contributed by atoms with Gasteiger partial charge in [-0.2, -0.15) is 0 Å². The zero-order valence-corrected chi connectivity index (χ0v) is 12.9. The molecule has 0 aromatic heterocycles. The van der Waals surface area contributed by atoms with Crippen LogP contribution in [0.15, 0.2) is 12.2 Å². The van der Waals surface area contributed by atoms with Crippen molar-refractivity contribution in [3.63, 3.8) is 0 Å². The molecule has 0 spiro atoms. The van der Waals surface area contributed by atoms with Gasteiger partial charge in [-0.25, -0.2) is 4.79 Å². The topological polar surface area (TPSA) is 38.8 Å². The van der Waals surface area contributed by atoms with Crippen molar-refractivity contribution in [2.24, 2.45) is 17.8 Å². The zero-order valence-electron chi connectivity index (χ0n) is 12.9. The van der Waals surface area contributed by atoms with Gasteiger partial charge in [-0.05, 0) is 62.7 Å². The van der Waals surface area contributed by atoms with Gasteiger partial charge < -0.3 is 9.47 Å². The highest BCUT2D eigenvalue weighted by molar-refractivity contribution is 5.78. The fourth-order valence-corrected chi connectivity index (χ4v) is 4.84. The van der Waals surface area contributed by atoms with Gasteiger partial charge in [-0.15, -0.1) is 0 Å². The highest BCUT2D eigenvalue weighted by atomic mass is 16.6. The molecule has 4 aliphatic rings. The van der Waals surface area contributed by atoms with Crippen molar-refractivity contribution in [2.45, 2.75) is 76.1 Å². The van der Waals surface area contributed by atoms with E-state index in [-0.39, 0.29) is 23.8 Å². The number of carbonyl (C=O) groups is 1. The van der Waals surface area contributed by atoms with Crippen LogP contribution in [0.3, 0.4) is 0 Å². The number of fused-ring (bicyclic) bond motifs is 2. The molecule has 21 heavy (non-hydrogen) atoms. The second kappa shape index (κ2) is 5.12. The summed E-state index contributed by atoms with van der Waals surface area (Å²) in [6.45, 7) is 2.14. The van der Waals surface area contributed by atoms with Gasteiger partial charge in [-0.1, -0.05) is 25.5 Å². The van der Waals surface area contributed by atoms with E-state index < -0.39 is 0 Å². The van der Waals surface area contributed by atoms with Gasteiger partial charge in [0.05, 0.1) is 6.10 Å². The van der Waals surface area contributed by atoms with E-state index in [4.69, 9.17) is 9.47 Å². The number of allylic oxidation sites excluding steroid dienone is 2. The first-order valence-electron chi connectivity index (χ1n) is 8.77. The molecule has 3 nitrogen and oxygen atoms in total. The molecule has 0 radical (unpaired) electrons. The van der Waals surface area contributed by atoms with Crippen molar-refractivity contribution in [1.29, 1.82) is 0 Å². The highest BCUT2D eigenvalue weighted by Crippen LogP contribution is 2.50. The molecular formula is C18H26O3. The Labute approximate surface area is 127 Å². The largest absolute Gasteiger partial charge is 0.457 e. The maximum absolute atomic E-state index is 12.4. The van der Waals surface area contributed by atoms with E-state index >= 15 is 0 Å². The Balaban J connectivity index is 1.35. The van der Waals surface area contributed by atoms with Crippen molar-refractivity contribution in [1.82, 2.24) is 0 Å². The van der Waals surface area contributed by atoms with Crippen LogP contribution in [0.25, 0.3) is 0 Å². The van der Waals surface area contributed by atoms with E-state index in [2.05, 4.69) is 19.1 Å². The number of hydrogen-bond donors (Lipinski definition) is 0. The van der Waals surface area contributed by atoms with Crippen molar-refractivity contribution in [3.8, 4) is 0 Å². The molecule has 0 aromatic rings. The van der Waals surface area contributed by atoms with Gasteiger partial charge in [0.2, 0.25) is 0 Å². The second-order valence-corrected chi connectivity index (χ2v) is 7.48. The van der Waals surface area contributed by atoms with Crippen molar-refractivity contribution < 1.29 is 14.3 Å². The van der Waals surface area contributed by atoms with Crippen LogP contribution in [0.2, 0.25) is 0 Å². The van der Waals surface area contributed by atoms with Crippen molar-refractivity contribution in [2.75, 3.05) is 0 Å². The summed E-state index contributed by atoms with van der Waals surface area (Å²) >= 11 is 0. The summed E-state index contributed by atoms with van der Waals surface area (Å²) in [4.78, 5) is 12.4. The van der Waals surface area contributed by atoms with Gasteiger partial charge in [-0.3, -0.25) is 0 Å². The van der Waals surface area contributed by atoms with E-state index in [0.717, 1.165) is 25.2 Å². The van der Waals surface area contributed by atoms with Crippen LogP contribution in [0.4, 0.5) is 0 Å². The second-order valence-electron chi connectivity index (χ2n) is 7.48. The molecule has 4 rings (SSSR count). The standard InChI is InChI=1S/C18H26O3/c1-2-18(8-4-3-5-9-18)21-17(19)16-15(20-16)14-11-12-6-7-13(14)10-12/h6-7,12-16H,2-5,8-11H2,1H3. The Hall–Kier alpha value is -0.830. The van der Waals surface area contributed by atoms with Gasteiger partial charge >= 0.3 is 5.97 Å². The summed E-state index contributed by atoms with van der Waals surface area (Å²) in [5.74, 6) is 1.85. The summed E-state index contributed by atoms with van der Waals surface area (Å²) in [5, 5.41) is 0. The molecule has 3 fully saturated rings. The predicted molar refractivity (Wildman–Crippen MR) is 79.7 cm³/mol. The lowest BCUT2D eigenvalue weighted by Gasteiger charge is -2.35. The molecule has 1 aliphatic heterocycles. The Morgan fingerprint density at radius 2 is 2.05 bits per heavy atom. The minimum atomic E-state index is -0.270. The molecule has 5 atom stereocenters. The van der Waals surface area contributed by atoms with Crippen LogP contribution >= 0.6 is 0 Å². The van der Waals surface area contributed by atoms with E-state index in [1.54, 1.807) is 0 Å². The smallest absolute Gasteiger partial charge is 0.338 e. The summed E-state index contributed by atoms with van der Waals surface area (Å²) in [5.41, 5.74) is -0.194. The zero-order chi connectivity index (χ0) is 14.4. The monoisotopic (exact) mass is 290 g/mol. The number of ether oxygens (including phenoxy) is 2. The molecule has 2 bridgehead atoms. The van der Waals surface area contributed by atoms with E-state index in [1.807, 2.05) is 0 Å². The number of epoxide rings is 1. The Morgan fingerprint density at radius 1 is 1.24 bits per heavy atom. The molecule has 5 unspecified atom stereocenters. The van der Waals surface area contributed by atoms with Crippen LogP contribution in [0, 0.1) is 17.8 Å². The molecule has 0 aromatic carbocycles. The third-order valence-electron chi connectivity index (χ3n) is 6.24. The SMILES string of the molecule is CCC1(OC(=O)C2OC2C2CC3C=CC2C3)CCCCC1. The maximum atomic E-state index is 12.4. The van der Waals surface area contributed by atoms with Gasteiger partial charge in [0.15, 0.2) is 6.10 Å². The van der Waals surface area contributed by atoms with Gasteiger partial charge in [0, 0.05) is 0 Å². The van der Waals surface area contributed by atoms with Crippen LogP contribution in [-0.2, 0) is 14.3 Å². The first-order chi connectivity index (χ1) is 10.2. The molecular weight excluding hydrogens is 264 g/mol. The number of hydrogen-bond acceptors (Lipinski definition) is 3. The van der Waals surface area contributed by atoms with Crippen LogP contribution < -0.4 is 0 Å². The molecule has 3 heteroatoms. The van der Waals surface area contributed by atoms with Crippen molar-refractivity contribution in [3.05, 3.63) is 12.2 Å². The van der Waals surface area contributed by atoms with E-state index in [9.17, 15) is 4.79 Å². The average Bonchev–Trinajstić information content (AvgIpc) is 3.04. The number of rotatable bonds is 4. The molecule has 1 heterocycles. The molecule has 0 amide bonds. The van der Waals surface area contributed by atoms with Crippen LogP contribution in [0.1, 0.15) is 58.3 Å². The van der Waals surface area contributed by atoms with Crippen LogP contribution in [0.5, 0.6) is 0 Å². The lowest BCUT2D eigenvalue weighted by Crippen LogP contribution is -2.38. The number of carbonyl (C=O) groups excluding carboxylic acids is 1. The lowest BCUT2D eigenvalue weighted by atomic mass is 9.82. The third kappa shape index (κ3) is 2.44. The maximum Gasteiger partial charge on any atom is 0.338 e. The summed E-state index contributed by atoms with van der Waals surface area (Å²) in [7, 11) is 0. The fraction of sp³-hybridized carbons (Fsp3) is 0.833. The molecule has 0 N–H and O–H groups in total. The number of esters is 1. The Morgan fingerprint density at radius 3 is 2.67 bits per heavy atom. The normalized spacial score (nSPS) is 43.0. The average molecular weight is 290 g/mol. The van der Waals surface area contributed by atoms with Crippen LogP contribution in [-0.4, -0.2) is 23.8 Å². The lowest BCUT2D eigenvalue weighted by molar-refractivity contribution is -0.165. The van der Waals surface area contributed by atoms with Crippen molar-refractivity contribution >= 4 is 5.97 Å². The van der Waals surface area contributed by atoms with Gasteiger partial charge in [0.25, 0.3) is 0 Å². The fourth-order valence-electron chi connectivity index (χ4n) is 4.84. The molecule has 116 valence electrons. The summed E-state index contributed by atoms with van der Waals surface area (Å²) < 4.78 is 11.7. The predicted octanol–water partition coefficient (Wildman–Crippen LogP) is 3.62.